The number of nitrogens with one attached hydrogen (secondary N) is 2. The minimum atomic E-state index is -4.49. The Labute approximate surface area is 267 Å². The van der Waals surface area contributed by atoms with Crippen molar-refractivity contribution in [2.75, 3.05) is 62.1 Å². The third kappa shape index (κ3) is 7.67. The van der Waals surface area contributed by atoms with Crippen molar-refractivity contribution in [1.29, 1.82) is 0 Å². The van der Waals surface area contributed by atoms with Gasteiger partial charge in [-0.2, -0.15) is 4.98 Å². The highest BCUT2D eigenvalue weighted by molar-refractivity contribution is 7.46. The first-order valence-electron chi connectivity index (χ1n) is 15.3. The molecule has 1 saturated heterocycles. The Morgan fingerprint density at radius 2 is 1.96 bits per heavy atom. The van der Waals surface area contributed by atoms with E-state index >= 15 is 4.39 Å². The van der Waals surface area contributed by atoms with Crippen molar-refractivity contribution < 1.29 is 37.6 Å². The maximum atomic E-state index is 15.9. The number of nitrogens with zero attached hydrogens (tertiary/aromatic N) is 5. The summed E-state index contributed by atoms with van der Waals surface area (Å²) in [5.74, 6) is 0.0899. The largest absolute Gasteiger partial charge is 0.495 e. The van der Waals surface area contributed by atoms with E-state index in [4.69, 9.17) is 19.5 Å². The molecule has 250 valence electrons. The van der Waals surface area contributed by atoms with E-state index in [-0.39, 0.29) is 37.1 Å². The van der Waals surface area contributed by atoms with Crippen LogP contribution in [0.25, 0.3) is 0 Å². The molecule has 3 heterocycles. The topological polar surface area (TPSA) is 170 Å². The van der Waals surface area contributed by atoms with E-state index in [1.807, 2.05) is 9.80 Å². The molecule has 1 saturated carbocycles. The number of ether oxygens (including phenoxy) is 1. The molecule has 0 radical (unpaired) electrons. The number of fused-ring (bicyclic) bond motifs is 1. The molecule has 2 aliphatic heterocycles. The van der Waals surface area contributed by atoms with Crippen molar-refractivity contribution >= 4 is 42.8 Å². The van der Waals surface area contributed by atoms with Crippen molar-refractivity contribution in [3.05, 3.63) is 42.6 Å². The SMILES string of the molecule is C=CC1(F)CN(C2CCCC2)c2nc(Nc3ccc(C(=O)NC4CCN(CCOP(=O)(O)O)CC4)cc3OC)ncc2N(C)C1=O. The second-order valence-electron chi connectivity index (χ2n) is 11.9. The predicted octanol–water partition coefficient (Wildman–Crippen LogP) is 3.15. The number of halogens is 1. The Bertz CT molecular complexity index is 1500. The number of aromatic nitrogens is 2. The summed E-state index contributed by atoms with van der Waals surface area (Å²) in [6, 6.07) is 4.95. The maximum absolute atomic E-state index is 15.9. The number of anilines is 4. The van der Waals surface area contributed by atoms with Crippen molar-refractivity contribution in [3.63, 3.8) is 0 Å². The Kier molecular flexibility index (Phi) is 10.3. The molecular weight excluding hydrogens is 620 g/mol. The van der Waals surface area contributed by atoms with E-state index < -0.39 is 19.4 Å². The van der Waals surface area contributed by atoms with Gasteiger partial charge in [-0.05, 0) is 50.0 Å². The number of amides is 2. The zero-order valence-corrected chi connectivity index (χ0v) is 26.9. The third-order valence-corrected chi connectivity index (χ3v) is 9.35. The fourth-order valence-corrected chi connectivity index (χ4v) is 6.56. The van der Waals surface area contributed by atoms with Crippen LogP contribution in [-0.2, 0) is 13.9 Å². The number of phosphoric acid groups is 1. The molecule has 16 heteroatoms. The quantitative estimate of drug-likeness (QED) is 0.205. The minimum absolute atomic E-state index is 0.0253. The van der Waals surface area contributed by atoms with E-state index in [0.717, 1.165) is 31.8 Å². The van der Waals surface area contributed by atoms with Crippen LogP contribution in [0, 0.1) is 0 Å². The molecule has 2 fully saturated rings. The predicted molar refractivity (Wildman–Crippen MR) is 170 cm³/mol. The summed E-state index contributed by atoms with van der Waals surface area (Å²) < 4.78 is 36.9. The fraction of sp³-hybridized carbons (Fsp3) is 0.533. The highest BCUT2D eigenvalue weighted by atomic mass is 31.2. The van der Waals surface area contributed by atoms with Gasteiger partial charge in [0.2, 0.25) is 11.6 Å². The zero-order valence-electron chi connectivity index (χ0n) is 26.0. The molecule has 0 spiro atoms. The average molecular weight is 662 g/mol. The first-order valence-corrected chi connectivity index (χ1v) is 16.9. The molecule has 1 atom stereocenters. The van der Waals surface area contributed by atoms with Gasteiger partial charge in [0.05, 0.1) is 32.1 Å². The molecule has 2 aromatic rings. The monoisotopic (exact) mass is 661 g/mol. The molecule has 1 unspecified atom stereocenters. The van der Waals surface area contributed by atoms with Gasteiger partial charge in [0.25, 0.3) is 11.8 Å². The Morgan fingerprint density at radius 3 is 2.61 bits per heavy atom. The summed E-state index contributed by atoms with van der Waals surface area (Å²) in [4.78, 5) is 58.2. The summed E-state index contributed by atoms with van der Waals surface area (Å²) >= 11 is 0. The van der Waals surface area contributed by atoms with Gasteiger partial charge in [-0.15, -0.1) is 0 Å². The second-order valence-corrected chi connectivity index (χ2v) is 13.1. The second kappa shape index (κ2) is 14.0. The first-order chi connectivity index (χ1) is 21.9. The smallest absolute Gasteiger partial charge is 0.469 e. The number of benzene rings is 1. The van der Waals surface area contributed by atoms with Crippen LogP contribution in [0.3, 0.4) is 0 Å². The van der Waals surface area contributed by atoms with Gasteiger partial charge >= 0.3 is 7.82 Å². The summed E-state index contributed by atoms with van der Waals surface area (Å²) in [6.45, 7) is 5.05. The molecular formula is C30H41FN7O7P. The van der Waals surface area contributed by atoms with Crippen LogP contribution in [0.2, 0.25) is 0 Å². The van der Waals surface area contributed by atoms with Gasteiger partial charge in [-0.25, -0.2) is 13.9 Å². The number of hydrogen-bond donors (Lipinski definition) is 4. The van der Waals surface area contributed by atoms with Crippen LogP contribution in [0.5, 0.6) is 5.75 Å². The fourth-order valence-electron chi connectivity index (χ4n) is 6.24. The lowest BCUT2D eigenvalue weighted by Crippen LogP contribution is -2.49. The Balaban J connectivity index is 1.27. The van der Waals surface area contributed by atoms with E-state index in [0.29, 0.717) is 61.0 Å². The summed E-state index contributed by atoms with van der Waals surface area (Å²) in [6.07, 6.45) is 7.68. The molecule has 4 N–H and O–H groups in total. The standard InChI is InChI=1S/C30H41FN7O7P/c1-4-30(31)19-38(22-7-5-6-8-22)26-24(36(2)28(30)40)18-32-29(35-26)34-23-10-9-20(17-25(23)44-3)27(39)33-21-11-13-37(14-12-21)15-16-45-46(41,42)43/h4,9-10,17-18,21-22H,1,5-8,11-16,19H2,2-3H3,(H,33,39)(H,32,34,35)(H2,41,42,43). The Hall–Kier alpha value is -3.62. The number of hydrogen-bond acceptors (Lipinski definition) is 10. The van der Waals surface area contributed by atoms with E-state index in [1.165, 1.54) is 25.3 Å². The minimum Gasteiger partial charge on any atom is -0.495 e. The van der Waals surface area contributed by atoms with Crippen LogP contribution in [0.15, 0.2) is 37.1 Å². The van der Waals surface area contributed by atoms with Crippen LogP contribution in [0.4, 0.5) is 27.5 Å². The van der Waals surface area contributed by atoms with Crippen molar-refractivity contribution in [3.8, 4) is 5.75 Å². The van der Waals surface area contributed by atoms with Crippen LogP contribution in [-0.4, -0.2) is 101 Å². The molecule has 1 aliphatic carbocycles. The van der Waals surface area contributed by atoms with Gasteiger partial charge in [-0.3, -0.25) is 14.1 Å². The summed E-state index contributed by atoms with van der Waals surface area (Å²) in [7, 11) is -1.49. The third-order valence-electron chi connectivity index (χ3n) is 8.83. The summed E-state index contributed by atoms with van der Waals surface area (Å²) in [5.41, 5.74) is -0.950. The maximum Gasteiger partial charge on any atom is 0.469 e. The van der Waals surface area contributed by atoms with Crippen LogP contribution in [0.1, 0.15) is 48.9 Å². The molecule has 46 heavy (non-hydrogen) atoms. The number of carbonyl (C=O) groups is 2. The van der Waals surface area contributed by atoms with Crippen LogP contribution >= 0.6 is 7.82 Å². The van der Waals surface area contributed by atoms with Crippen molar-refractivity contribution in [1.82, 2.24) is 20.2 Å². The lowest BCUT2D eigenvalue weighted by Gasteiger charge is -2.32. The van der Waals surface area contributed by atoms with Crippen molar-refractivity contribution in [2.24, 2.45) is 0 Å². The molecule has 2 amide bonds. The molecule has 0 bridgehead atoms. The average Bonchev–Trinajstić information content (AvgIpc) is 3.56. The number of alkyl halides is 1. The van der Waals surface area contributed by atoms with Gasteiger partial charge in [0, 0.05) is 44.3 Å². The van der Waals surface area contributed by atoms with E-state index in [1.54, 1.807) is 18.2 Å². The van der Waals surface area contributed by atoms with Crippen LogP contribution < -0.4 is 25.2 Å². The highest BCUT2D eigenvalue weighted by Gasteiger charge is 2.46. The normalized spacial score (nSPS) is 21.5. The van der Waals surface area contributed by atoms with E-state index in [2.05, 4.69) is 26.7 Å². The Morgan fingerprint density at radius 1 is 1.24 bits per heavy atom. The number of piperidine rings is 1. The lowest BCUT2D eigenvalue weighted by molar-refractivity contribution is -0.126. The molecule has 1 aromatic carbocycles. The molecule has 1 aromatic heterocycles. The first kappa shape index (κ1) is 33.7. The zero-order chi connectivity index (χ0) is 33.1. The number of phosphoric ester groups is 1. The van der Waals surface area contributed by atoms with Gasteiger partial charge in [0.1, 0.15) is 11.4 Å². The van der Waals surface area contributed by atoms with E-state index in [9.17, 15) is 14.2 Å². The lowest BCUT2D eigenvalue weighted by atomic mass is 10.0. The summed E-state index contributed by atoms with van der Waals surface area (Å²) in [5, 5.41) is 6.21. The highest BCUT2D eigenvalue weighted by Crippen LogP contribution is 2.40. The molecule has 3 aliphatic rings. The van der Waals surface area contributed by atoms with Crippen molar-refractivity contribution in [2.45, 2.75) is 56.3 Å². The number of rotatable bonds is 11. The number of methoxy groups -OCH3 is 1. The molecule has 14 nitrogen and oxygen atoms in total. The van der Waals surface area contributed by atoms with Gasteiger partial charge < -0.3 is 39.9 Å². The van der Waals surface area contributed by atoms with Gasteiger partial charge in [0.15, 0.2) is 5.82 Å². The number of carbonyl (C=O) groups excluding carboxylic acids is 2. The van der Waals surface area contributed by atoms with Gasteiger partial charge in [-0.1, -0.05) is 19.4 Å². The number of likely N-dealkylation sites (tertiary alicyclic amines) is 1. The molecule has 5 rings (SSSR count).